The number of aromatic nitrogens is 1. The van der Waals surface area contributed by atoms with Gasteiger partial charge in [0.25, 0.3) is 5.91 Å². The van der Waals surface area contributed by atoms with Gasteiger partial charge < -0.3 is 10.4 Å². The van der Waals surface area contributed by atoms with Gasteiger partial charge in [-0.1, -0.05) is 30.3 Å². The molecule has 2 unspecified atom stereocenters. The third-order valence-corrected chi connectivity index (χ3v) is 3.39. The van der Waals surface area contributed by atoms with E-state index in [4.69, 9.17) is 0 Å². The molecule has 0 bridgehead atoms. The Balaban J connectivity index is 1.82. The number of amides is 1. The lowest BCUT2D eigenvalue weighted by atomic mass is 10.1. The zero-order valence-electron chi connectivity index (χ0n) is 10.3. The standard InChI is InChI=1S/C15H14N2O2/c18-13-9-10-5-1-2-6-11(10)14(13)17-15(19)12-7-3-4-8-16-12/h1-8,13-14,18H,9H2,(H,17,19). The minimum Gasteiger partial charge on any atom is -0.390 e. The Labute approximate surface area is 111 Å². The van der Waals surface area contributed by atoms with Crippen molar-refractivity contribution in [1.82, 2.24) is 10.3 Å². The molecule has 96 valence electrons. The van der Waals surface area contributed by atoms with E-state index >= 15 is 0 Å². The molecule has 4 heteroatoms. The summed E-state index contributed by atoms with van der Waals surface area (Å²) in [6.07, 6.45) is 1.57. The number of hydrogen-bond donors (Lipinski definition) is 2. The molecule has 0 radical (unpaired) electrons. The van der Waals surface area contributed by atoms with Crippen LogP contribution in [0.1, 0.15) is 27.7 Å². The van der Waals surface area contributed by atoms with E-state index in [1.807, 2.05) is 24.3 Å². The van der Waals surface area contributed by atoms with E-state index in [0.29, 0.717) is 12.1 Å². The molecule has 1 aromatic carbocycles. The first kappa shape index (κ1) is 11.9. The number of rotatable bonds is 2. The molecule has 1 amide bonds. The number of fused-ring (bicyclic) bond motifs is 1. The van der Waals surface area contributed by atoms with E-state index in [1.165, 1.54) is 0 Å². The molecule has 0 aliphatic heterocycles. The second-order valence-corrected chi connectivity index (χ2v) is 4.64. The SMILES string of the molecule is O=C(NC1c2ccccc2CC1O)c1ccccn1. The number of nitrogens with zero attached hydrogens (tertiary/aromatic N) is 1. The van der Waals surface area contributed by atoms with Crippen molar-refractivity contribution >= 4 is 5.91 Å². The lowest BCUT2D eigenvalue weighted by molar-refractivity contribution is 0.0853. The predicted octanol–water partition coefficient (Wildman–Crippen LogP) is 1.47. The fraction of sp³-hybridized carbons (Fsp3) is 0.200. The summed E-state index contributed by atoms with van der Waals surface area (Å²) in [7, 11) is 0. The van der Waals surface area contributed by atoms with Gasteiger partial charge in [-0.05, 0) is 23.3 Å². The minimum atomic E-state index is -0.579. The molecule has 1 aromatic heterocycles. The van der Waals surface area contributed by atoms with E-state index in [0.717, 1.165) is 11.1 Å². The van der Waals surface area contributed by atoms with E-state index in [-0.39, 0.29) is 11.9 Å². The van der Waals surface area contributed by atoms with Crippen molar-refractivity contribution < 1.29 is 9.90 Å². The molecule has 1 heterocycles. The maximum atomic E-state index is 12.1. The maximum absolute atomic E-state index is 12.1. The van der Waals surface area contributed by atoms with Crippen LogP contribution in [-0.2, 0) is 6.42 Å². The highest BCUT2D eigenvalue weighted by Crippen LogP contribution is 2.31. The van der Waals surface area contributed by atoms with Crippen LogP contribution in [0.2, 0.25) is 0 Å². The van der Waals surface area contributed by atoms with Crippen LogP contribution in [0.4, 0.5) is 0 Å². The van der Waals surface area contributed by atoms with Crippen molar-refractivity contribution in [2.45, 2.75) is 18.6 Å². The first-order valence-electron chi connectivity index (χ1n) is 6.23. The average Bonchev–Trinajstić information content (AvgIpc) is 2.76. The lowest BCUT2D eigenvalue weighted by Gasteiger charge is -2.17. The Morgan fingerprint density at radius 3 is 2.79 bits per heavy atom. The van der Waals surface area contributed by atoms with Gasteiger partial charge in [0, 0.05) is 12.6 Å². The average molecular weight is 254 g/mol. The van der Waals surface area contributed by atoms with Gasteiger partial charge in [0.2, 0.25) is 0 Å². The maximum Gasteiger partial charge on any atom is 0.270 e. The van der Waals surface area contributed by atoms with Gasteiger partial charge in [0.1, 0.15) is 5.69 Å². The van der Waals surface area contributed by atoms with Crippen LogP contribution >= 0.6 is 0 Å². The highest BCUT2D eigenvalue weighted by Gasteiger charge is 2.32. The summed E-state index contributed by atoms with van der Waals surface area (Å²) in [5.41, 5.74) is 2.43. The number of nitrogens with one attached hydrogen (secondary N) is 1. The molecule has 2 atom stereocenters. The van der Waals surface area contributed by atoms with Crippen molar-refractivity contribution in [1.29, 1.82) is 0 Å². The largest absolute Gasteiger partial charge is 0.390 e. The molecule has 2 aromatic rings. The van der Waals surface area contributed by atoms with Crippen molar-refractivity contribution in [2.24, 2.45) is 0 Å². The molecule has 0 fully saturated rings. The fourth-order valence-corrected chi connectivity index (χ4v) is 2.46. The highest BCUT2D eigenvalue weighted by molar-refractivity contribution is 5.92. The number of hydrogen-bond acceptors (Lipinski definition) is 3. The Morgan fingerprint density at radius 2 is 2.00 bits per heavy atom. The molecule has 4 nitrogen and oxygen atoms in total. The van der Waals surface area contributed by atoms with E-state index in [9.17, 15) is 9.90 Å². The Hall–Kier alpha value is -2.20. The third kappa shape index (κ3) is 2.22. The molecule has 2 N–H and O–H groups in total. The molecule has 1 aliphatic rings. The quantitative estimate of drug-likeness (QED) is 0.853. The van der Waals surface area contributed by atoms with Crippen LogP contribution in [0, 0.1) is 0 Å². The zero-order chi connectivity index (χ0) is 13.2. The lowest BCUT2D eigenvalue weighted by Crippen LogP contribution is -2.34. The summed E-state index contributed by atoms with van der Waals surface area (Å²) in [4.78, 5) is 16.1. The van der Waals surface area contributed by atoms with Gasteiger partial charge >= 0.3 is 0 Å². The Bertz CT molecular complexity index is 598. The summed E-state index contributed by atoms with van der Waals surface area (Å²) < 4.78 is 0. The second kappa shape index (κ2) is 4.82. The van der Waals surface area contributed by atoms with Crippen molar-refractivity contribution in [3.63, 3.8) is 0 Å². The number of benzene rings is 1. The van der Waals surface area contributed by atoms with E-state index < -0.39 is 6.10 Å². The summed E-state index contributed by atoms with van der Waals surface area (Å²) in [5.74, 6) is -0.263. The highest BCUT2D eigenvalue weighted by atomic mass is 16.3. The topological polar surface area (TPSA) is 62.2 Å². The van der Waals surface area contributed by atoms with Crippen LogP contribution < -0.4 is 5.32 Å². The van der Waals surface area contributed by atoms with Crippen LogP contribution in [0.15, 0.2) is 48.7 Å². The van der Waals surface area contributed by atoms with Gasteiger partial charge in [0.15, 0.2) is 0 Å². The number of carbonyl (C=O) groups is 1. The number of aliphatic hydroxyl groups is 1. The normalized spacial score (nSPS) is 20.9. The molecular formula is C15H14N2O2. The summed E-state index contributed by atoms with van der Waals surface area (Å²) in [6, 6.07) is 12.6. The first-order valence-corrected chi connectivity index (χ1v) is 6.23. The zero-order valence-corrected chi connectivity index (χ0v) is 10.3. The van der Waals surface area contributed by atoms with E-state index in [1.54, 1.807) is 24.4 Å². The van der Waals surface area contributed by atoms with Crippen molar-refractivity contribution in [3.8, 4) is 0 Å². The van der Waals surface area contributed by atoms with Crippen molar-refractivity contribution in [3.05, 3.63) is 65.5 Å². The molecule has 19 heavy (non-hydrogen) atoms. The Morgan fingerprint density at radius 1 is 1.21 bits per heavy atom. The van der Waals surface area contributed by atoms with Crippen molar-refractivity contribution in [2.75, 3.05) is 0 Å². The number of carbonyl (C=O) groups excluding carboxylic acids is 1. The molecule has 1 aliphatic carbocycles. The van der Waals surface area contributed by atoms with Gasteiger partial charge in [-0.25, -0.2) is 0 Å². The van der Waals surface area contributed by atoms with Gasteiger partial charge in [-0.3, -0.25) is 9.78 Å². The number of pyridine rings is 1. The van der Waals surface area contributed by atoms with Crippen LogP contribution in [0.25, 0.3) is 0 Å². The van der Waals surface area contributed by atoms with Crippen LogP contribution in [0.3, 0.4) is 0 Å². The van der Waals surface area contributed by atoms with Gasteiger partial charge in [-0.2, -0.15) is 0 Å². The Kier molecular flexibility index (Phi) is 3.01. The smallest absolute Gasteiger partial charge is 0.270 e. The van der Waals surface area contributed by atoms with Crippen LogP contribution in [0.5, 0.6) is 0 Å². The van der Waals surface area contributed by atoms with E-state index in [2.05, 4.69) is 10.3 Å². The molecular weight excluding hydrogens is 240 g/mol. The van der Waals surface area contributed by atoms with Gasteiger partial charge in [0.05, 0.1) is 12.1 Å². The number of aliphatic hydroxyl groups excluding tert-OH is 1. The first-order chi connectivity index (χ1) is 9.25. The monoisotopic (exact) mass is 254 g/mol. The molecule has 3 rings (SSSR count). The third-order valence-electron chi connectivity index (χ3n) is 3.39. The summed E-state index contributed by atoms with van der Waals surface area (Å²) in [5, 5.41) is 12.9. The second-order valence-electron chi connectivity index (χ2n) is 4.64. The fourth-order valence-electron chi connectivity index (χ4n) is 2.46. The minimum absolute atomic E-state index is 0.263. The molecule has 0 saturated heterocycles. The van der Waals surface area contributed by atoms with Crippen LogP contribution in [-0.4, -0.2) is 22.1 Å². The molecule has 0 spiro atoms. The predicted molar refractivity (Wildman–Crippen MR) is 70.6 cm³/mol. The molecule has 0 saturated carbocycles. The summed E-state index contributed by atoms with van der Waals surface area (Å²) in [6.45, 7) is 0. The van der Waals surface area contributed by atoms with Gasteiger partial charge in [-0.15, -0.1) is 0 Å². The summed E-state index contributed by atoms with van der Waals surface area (Å²) >= 11 is 0.